The summed E-state index contributed by atoms with van der Waals surface area (Å²) >= 11 is 1.21. The number of H-pyrrole nitrogens is 1. The van der Waals surface area contributed by atoms with Crippen LogP contribution in [-0.2, 0) is 23.3 Å². The second-order valence-corrected chi connectivity index (χ2v) is 6.99. The number of imidazole rings is 1. The molecule has 1 aromatic heterocycles. The minimum Gasteiger partial charge on any atom is -0.467 e. The third kappa shape index (κ3) is 3.62. The minimum absolute atomic E-state index is 0.0489. The minimum atomic E-state index is -4.44. The van der Waals surface area contributed by atoms with Crippen LogP contribution in [0.2, 0.25) is 0 Å². The number of ether oxygens (including phenoxy) is 2. The predicted molar refractivity (Wildman–Crippen MR) is 94.0 cm³/mol. The number of nitro benzene ring substituents is 1. The van der Waals surface area contributed by atoms with Gasteiger partial charge in [-0.05, 0) is 18.2 Å². The average Bonchev–Trinajstić information content (AvgIpc) is 3.07. The Morgan fingerprint density at radius 2 is 2.11 bits per heavy atom. The maximum absolute atomic E-state index is 12.8. The standard InChI is InChI=1S/C17H12F3N3O4S/c18-17(19,20)11-1-2-13-14(5-11)22-16(21-13)28-7-10-4-12(23(24)25)3-9-6-26-8-27-15(9)10/h1-5H,6-8H2,(H,21,22). The van der Waals surface area contributed by atoms with E-state index in [4.69, 9.17) is 9.47 Å². The molecular weight excluding hydrogens is 399 g/mol. The molecule has 28 heavy (non-hydrogen) atoms. The number of nitro groups is 1. The lowest BCUT2D eigenvalue weighted by Crippen LogP contribution is -2.13. The van der Waals surface area contributed by atoms with E-state index in [1.165, 1.54) is 30.0 Å². The molecular formula is C17H12F3N3O4S. The number of aromatic nitrogens is 2. The zero-order chi connectivity index (χ0) is 19.9. The van der Waals surface area contributed by atoms with Crippen molar-refractivity contribution in [2.75, 3.05) is 6.79 Å². The largest absolute Gasteiger partial charge is 0.467 e. The van der Waals surface area contributed by atoms with Crippen molar-refractivity contribution in [2.45, 2.75) is 23.7 Å². The fraction of sp³-hybridized carbons (Fsp3) is 0.235. The van der Waals surface area contributed by atoms with Crippen molar-refractivity contribution >= 4 is 28.5 Å². The van der Waals surface area contributed by atoms with Gasteiger partial charge in [0.1, 0.15) is 5.75 Å². The lowest BCUT2D eigenvalue weighted by atomic mass is 10.1. The highest BCUT2D eigenvalue weighted by Crippen LogP contribution is 2.36. The van der Waals surface area contributed by atoms with Crippen LogP contribution in [0, 0.1) is 10.1 Å². The van der Waals surface area contributed by atoms with Crippen LogP contribution in [0.4, 0.5) is 18.9 Å². The number of halogens is 3. The van der Waals surface area contributed by atoms with Crippen LogP contribution in [0.25, 0.3) is 11.0 Å². The van der Waals surface area contributed by atoms with Crippen LogP contribution in [0.5, 0.6) is 5.75 Å². The third-order valence-electron chi connectivity index (χ3n) is 4.13. The van der Waals surface area contributed by atoms with Gasteiger partial charge in [-0.2, -0.15) is 13.2 Å². The molecule has 1 aliphatic rings. The first-order valence-electron chi connectivity index (χ1n) is 8.02. The summed E-state index contributed by atoms with van der Waals surface area (Å²) in [6.07, 6.45) is -4.44. The maximum atomic E-state index is 12.8. The Labute approximate surface area is 160 Å². The van der Waals surface area contributed by atoms with Gasteiger partial charge in [0.2, 0.25) is 0 Å². The zero-order valence-electron chi connectivity index (χ0n) is 14.1. The Morgan fingerprint density at radius 1 is 1.29 bits per heavy atom. The number of benzene rings is 2. The van der Waals surface area contributed by atoms with Crippen LogP contribution >= 0.6 is 11.8 Å². The number of alkyl halides is 3. The van der Waals surface area contributed by atoms with E-state index in [0.29, 0.717) is 27.5 Å². The van der Waals surface area contributed by atoms with Gasteiger partial charge in [0.15, 0.2) is 11.9 Å². The summed E-state index contributed by atoms with van der Waals surface area (Å²) in [4.78, 5) is 17.8. The highest BCUT2D eigenvalue weighted by molar-refractivity contribution is 7.98. The molecule has 2 heterocycles. The van der Waals surface area contributed by atoms with Gasteiger partial charge >= 0.3 is 6.18 Å². The van der Waals surface area contributed by atoms with E-state index in [2.05, 4.69) is 9.97 Å². The molecule has 0 saturated carbocycles. The molecule has 0 unspecified atom stereocenters. The first-order chi connectivity index (χ1) is 13.3. The Morgan fingerprint density at radius 3 is 2.86 bits per heavy atom. The molecule has 0 fully saturated rings. The van der Waals surface area contributed by atoms with E-state index in [1.54, 1.807) is 0 Å². The molecule has 0 atom stereocenters. The Balaban J connectivity index is 1.60. The Hall–Kier alpha value is -2.79. The van der Waals surface area contributed by atoms with Crippen molar-refractivity contribution < 1.29 is 27.6 Å². The average molecular weight is 411 g/mol. The normalized spacial score (nSPS) is 14.0. The molecule has 0 amide bonds. The van der Waals surface area contributed by atoms with E-state index in [0.717, 1.165) is 12.1 Å². The smallest absolute Gasteiger partial charge is 0.416 e. The first kappa shape index (κ1) is 18.6. The molecule has 0 spiro atoms. The van der Waals surface area contributed by atoms with Crippen molar-refractivity contribution in [1.82, 2.24) is 9.97 Å². The molecule has 1 N–H and O–H groups in total. The van der Waals surface area contributed by atoms with Crippen molar-refractivity contribution in [3.8, 4) is 5.75 Å². The first-order valence-corrected chi connectivity index (χ1v) is 9.00. The number of non-ortho nitro benzene ring substituents is 1. The van der Waals surface area contributed by atoms with E-state index < -0.39 is 16.7 Å². The lowest BCUT2D eigenvalue weighted by Gasteiger charge is -2.20. The number of nitrogens with one attached hydrogen (secondary N) is 1. The van der Waals surface area contributed by atoms with Gasteiger partial charge < -0.3 is 14.5 Å². The third-order valence-corrected chi connectivity index (χ3v) is 5.06. The highest BCUT2D eigenvalue weighted by Gasteiger charge is 2.30. The van der Waals surface area contributed by atoms with Crippen LogP contribution in [0.1, 0.15) is 16.7 Å². The van der Waals surface area contributed by atoms with Crippen molar-refractivity contribution in [3.63, 3.8) is 0 Å². The van der Waals surface area contributed by atoms with Crippen LogP contribution in [0.3, 0.4) is 0 Å². The number of thioether (sulfide) groups is 1. The van der Waals surface area contributed by atoms with Crippen molar-refractivity contribution in [1.29, 1.82) is 0 Å². The Bertz CT molecular complexity index is 1070. The number of fused-ring (bicyclic) bond motifs is 2. The molecule has 0 aliphatic carbocycles. The molecule has 3 aromatic rings. The predicted octanol–water partition coefficient (Wildman–Crippen LogP) is 4.65. The van der Waals surface area contributed by atoms with Gasteiger partial charge in [-0.3, -0.25) is 10.1 Å². The van der Waals surface area contributed by atoms with Crippen LogP contribution < -0.4 is 4.74 Å². The zero-order valence-corrected chi connectivity index (χ0v) is 14.9. The van der Waals surface area contributed by atoms with Crippen LogP contribution in [-0.4, -0.2) is 21.7 Å². The fourth-order valence-electron chi connectivity index (χ4n) is 2.87. The van der Waals surface area contributed by atoms with Crippen LogP contribution in [0.15, 0.2) is 35.5 Å². The van der Waals surface area contributed by atoms with Gasteiger partial charge in [-0.15, -0.1) is 0 Å². The summed E-state index contributed by atoms with van der Waals surface area (Å²) in [5, 5.41) is 11.6. The molecule has 0 radical (unpaired) electrons. The number of nitrogens with zero attached hydrogens (tertiary/aromatic N) is 2. The molecule has 0 bridgehead atoms. The summed E-state index contributed by atoms with van der Waals surface area (Å²) in [5.74, 6) is 0.815. The summed E-state index contributed by atoms with van der Waals surface area (Å²) in [5.41, 5.74) is 0.998. The molecule has 0 saturated heterocycles. The van der Waals surface area contributed by atoms with E-state index in [-0.39, 0.29) is 30.4 Å². The topological polar surface area (TPSA) is 90.3 Å². The SMILES string of the molecule is O=[N+]([O-])c1cc2c(c(CSc3nc4ccc(C(F)(F)F)cc4[nH]3)c1)OCOC2. The number of aromatic amines is 1. The number of hydrogen-bond donors (Lipinski definition) is 1. The molecule has 7 nitrogen and oxygen atoms in total. The molecule has 146 valence electrons. The van der Waals surface area contributed by atoms with E-state index in [1.807, 2.05) is 0 Å². The molecule has 1 aliphatic heterocycles. The summed E-state index contributed by atoms with van der Waals surface area (Å²) < 4.78 is 49.2. The second kappa shape index (κ2) is 6.99. The maximum Gasteiger partial charge on any atom is 0.416 e. The monoisotopic (exact) mass is 411 g/mol. The van der Waals surface area contributed by atoms with Gasteiger partial charge in [0.25, 0.3) is 5.69 Å². The highest BCUT2D eigenvalue weighted by atomic mass is 32.2. The van der Waals surface area contributed by atoms with Gasteiger partial charge in [-0.25, -0.2) is 4.98 Å². The number of rotatable bonds is 4. The Kier molecular flexibility index (Phi) is 4.63. The van der Waals surface area contributed by atoms with Gasteiger partial charge in [-0.1, -0.05) is 11.8 Å². The second-order valence-electron chi connectivity index (χ2n) is 6.02. The molecule has 4 rings (SSSR count). The fourth-order valence-corrected chi connectivity index (χ4v) is 3.72. The quantitative estimate of drug-likeness (QED) is 0.382. The number of hydrogen-bond acceptors (Lipinski definition) is 6. The summed E-state index contributed by atoms with van der Waals surface area (Å²) in [7, 11) is 0. The van der Waals surface area contributed by atoms with Crippen molar-refractivity contribution in [3.05, 3.63) is 57.1 Å². The summed E-state index contributed by atoms with van der Waals surface area (Å²) in [6, 6.07) is 6.10. The van der Waals surface area contributed by atoms with E-state index in [9.17, 15) is 23.3 Å². The summed E-state index contributed by atoms with van der Waals surface area (Å²) in [6.45, 7) is 0.257. The molecule has 11 heteroatoms. The van der Waals surface area contributed by atoms with E-state index >= 15 is 0 Å². The van der Waals surface area contributed by atoms with Gasteiger partial charge in [0, 0.05) is 29.0 Å². The van der Waals surface area contributed by atoms with Crippen molar-refractivity contribution in [2.24, 2.45) is 0 Å². The van der Waals surface area contributed by atoms with Gasteiger partial charge in [0.05, 0.1) is 28.1 Å². The molecule has 2 aromatic carbocycles. The lowest BCUT2D eigenvalue weighted by molar-refractivity contribution is -0.385.